The molecule has 0 aliphatic carbocycles. The Morgan fingerprint density at radius 3 is 2.81 bits per heavy atom. The number of ether oxygens (including phenoxy) is 3. The quantitative estimate of drug-likeness (QED) is 0.184. The van der Waals surface area contributed by atoms with E-state index in [1.807, 2.05) is 13.0 Å². The molecule has 0 amide bonds. The van der Waals surface area contributed by atoms with Crippen LogP contribution in [0.4, 0.5) is 5.69 Å². The summed E-state index contributed by atoms with van der Waals surface area (Å²) in [5, 5.41) is 16.4. The zero-order valence-electron chi connectivity index (χ0n) is 19.0. The molecule has 0 saturated heterocycles. The van der Waals surface area contributed by atoms with Gasteiger partial charge in [-0.1, -0.05) is 28.9 Å². The van der Waals surface area contributed by atoms with Crippen molar-refractivity contribution in [3.8, 4) is 17.2 Å². The Kier molecular flexibility index (Phi) is 6.38. The summed E-state index contributed by atoms with van der Waals surface area (Å²) in [6.45, 7) is 2.14. The second kappa shape index (κ2) is 9.78. The molecule has 0 bridgehead atoms. The molecule has 1 aliphatic rings. The lowest BCUT2D eigenvalue weighted by molar-refractivity contribution is -0.385. The van der Waals surface area contributed by atoms with Crippen LogP contribution in [0.2, 0.25) is 0 Å². The van der Waals surface area contributed by atoms with Crippen molar-refractivity contribution in [3.05, 3.63) is 96.5 Å². The van der Waals surface area contributed by atoms with Gasteiger partial charge in [0, 0.05) is 22.5 Å². The molecule has 36 heavy (non-hydrogen) atoms. The minimum atomic E-state index is -0.523. The van der Waals surface area contributed by atoms with E-state index in [-0.39, 0.29) is 30.4 Å². The highest BCUT2D eigenvalue weighted by Gasteiger charge is 2.18. The number of nitrogens with zero attached hydrogens (tertiary/aromatic N) is 4. The van der Waals surface area contributed by atoms with Gasteiger partial charge >= 0.3 is 5.69 Å². The first-order valence-electron chi connectivity index (χ1n) is 11.0. The fourth-order valence-corrected chi connectivity index (χ4v) is 4.10. The number of benzene rings is 3. The van der Waals surface area contributed by atoms with Gasteiger partial charge in [-0.05, 0) is 48.0 Å². The fraction of sp³-hybridized carbons (Fsp3) is 0.160. The van der Waals surface area contributed by atoms with Crippen LogP contribution in [0.1, 0.15) is 23.9 Å². The number of nitro groups is 1. The molecular weight excluding hydrogens is 532 g/mol. The van der Waals surface area contributed by atoms with Gasteiger partial charge in [-0.15, -0.1) is 0 Å². The predicted molar refractivity (Wildman–Crippen MR) is 136 cm³/mol. The molecule has 0 atom stereocenters. The summed E-state index contributed by atoms with van der Waals surface area (Å²) in [4.78, 5) is 28.8. The molecule has 182 valence electrons. The molecule has 0 saturated carbocycles. The van der Waals surface area contributed by atoms with Crippen LogP contribution in [0.5, 0.6) is 17.2 Å². The maximum Gasteiger partial charge on any atom is 0.311 e. The van der Waals surface area contributed by atoms with Crippen molar-refractivity contribution in [1.29, 1.82) is 0 Å². The van der Waals surface area contributed by atoms with Crippen molar-refractivity contribution < 1.29 is 19.1 Å². The van der Waals surface area contributed by atoms with Gasteiger partial charge in [-0.25, -0.2) is 4.98 Å². The molecule has 3 aromatic carbocycles. The van der Waals surface area contributed by atoms with Crippen molar-refractivity contribution in [2.75, 3.05) is 6.79 Å². The summed E-state index contributed by atoms with van der Waals surface area (Å²) in [5.41, 5.74) is 1.24. The molecule has 11 heteroatoms. The van der Waals surface area contributed by atoms with Crippen LogP contribution in [0, 0.1) is 10.1 Å². The number of hydrogen-bond donors (Lipinski definition) is 0. The summed E-state index contributed by atoms with van der Waals surface area (Å²) in [7, 11) is 0. The molecule has 0 fully saturated rings. The van der Waals surface area contributed by atoms with Crippen molar-refractivity contribution in [2.24, 2.45) is 5.10 Å². The van der Waals surface area contributed by atoms with Crippen LogP contribution in [0.15, 0.2) is 69.0 Å². The number of rotatable bonds is 7. The Bertz CT molecular complexity index is 1580. The monoisotopic (exact) mass is 550 g/mol. The third-order valence-electron chi connectivity index (χ3n) is 5.52. The van der Waals surface area contributed by atoms with E-state index < -0.39 is 4.92 Å². The second-order valence-corrected chi connectivity index (χ2v) is 8.78. The second-order valence-electron chi connectivity index (χ2n) is 7.87. The molecular formula is C25H19BrN4O6. The van der Waals surface area contributed by atoms with E-state index >= 15 is 0 Å². The number of halogens is 1. The van der Waals surface area contributed by atoms with Crippen molar-refractivity contribution in [3.63, 3.8) is 0 Å². The zero-order valence-corrected chi connectivity index (χ0v) is 20.6. The SMILES string of the molecule is CCc1nc2ccc(Br)cc2c(=O)n1N=Cc1ccc(OCc2ccc3c(c2)OCO3)c([N+](=O)[O-])c1. The van der Waals surface area contributed by atoms with Crippen molar-refractivity contribution in [2.45, 2.75) is 20.0 Å². The third-order valence-corrected chi connectivity index (χ3v) is 6.02. The minimum Gasteiger partial charge on any atom is -0.482 e. The van der Waals surface area contributed by atoms with E-state index in [1.165, 1.54) is 23.0 Å². The standard InChI is InChI=1S/C25H19BrN4O6/c1-2-24-28-19-6-5-17(26)11-18(19)25(31)29(24)27-12-15-3-7-21(20(9-15)30(32)33)34-13-16-4-8-22-23(10-16)36-14-35-22/h3-12H,2,13-14H2,1H3. The summed E-state index contributed by atoms with van der Waals surface area (Å²) in [5.74, 6) is 1.84. The van der Waals surface area contributed by atoms with Gasteiger partial charge < -0.3 is 14.2 Å². The Morgan fingerprint density at radius 2 is 2.00 bits per heavy atom. The fourth-order valence-electron chi connectivity index (χ4n) is 3.74. The highest BCUT2D eigenvalue weighted by Crippen LogP contribution is 2.33. The van der Waals surface area contributed by atoms with Gasteiger partial charge in [0.15, 0.2) is 17.2 Å². The lowest BCUT2D eigenvalue weighted by Gasteiger charge is -2.09. The first kappa shape index (κ1) is 23.5. The molecule has 1 aromatic heterocycles. The van der Waals surface area contributed by atoms with Crippen LogP contribution in [0.3, 0.4) is 0 Å². The molecule has 0 N–H and O–H groups in total. The minimum absolute atomic E-state index is 0.110. The Morgan fingerprint density at radius 1 is 1.17 bits per heavy atom. The normalized spacial score (nSPS) is 12.4. The van der Waals surface area contributed by atoms with Crippen LogP contribution >= 0.6 is 15.9 Å². The predicted octanol–water partition coefficient (Wildman–Crippen LogP) is 4.82. The highest BCUT2D eigenvalue weighted by atomic mass is 79.9. The summed E-state index contributed by atoms with van der Waals surface area (Å²) in [6.07, 6.45) is 1.87. The molecule has 5 rings (SSSR count). The lowest BCUT2D eigenvalue weighted by Crippen LogP contribution is -2.22. The number of aryl methyl sites for hydroxylation is 1. The van der Waals surface area contributed by atoms with Crippen LogP contribution in [-0.4, -0.2) is 27.6 Å². The smallest absolute Gasteiger partial charge is 0.311 e. The molecule has 0 unspecified atom stereocenters. The van der Waals surface area contributed by atoms with Crippen molar-refractivity contribution in [1.82, 2.24) is 9.66 Å². The molecule has 4 aromatic rings. The zero-order chi connectivity index (χ0) is 25.2. The van der Waals surface area contributed by atoms with E-state index in [2.05, 4.69) is 26.0 Å². The van der Waals surface area contributed by atoms with E-state index in [0.717, 1.165) is 10.0 Å². The lowest BCUT2D eigenvalue weighted by atomic mass is 10.2. The van der Waals surface area contributed by atoms with E-state index in [0.29, 0.717) is 40.2 Å². The van der Waals surface area contributed by atoms with Crippen LogP contribution in [-0.2, 0) is 13.0 Å². The first-order chi connectivity index (χ1) is 17.4. The summed E-state index contributed by atoms with van der Waals surface area (Å²) < 4.78 is 18.3. The van der Waals surface area contributed by atoms with E-state index in [9.17, 15) is 14.9 Å². The van der Waals surface area contributed by atoms with Gasteiger partial charge in [0.05, 0.1) is 22.0 Å². The average Bonchev–Trinajstić information content (AvgIpc) is 3.35. The molecule has 0 radical (unpaired) electrons. The third kappa shape index (κ3) is 4.65. The molecule has 10 nitrogen and oxygen atoms in total. The number of fused-ring (bicyclic) bond motifs is 2. The maximum absolute atomic E-state index is 13.0. The molecule has 1 aliphatic heterocycles. The largest absolute Gasteiger partial charge is 0.482 e. The van der Waals surface area contributed by atoms with Crippen LogP contribution < -0.4 is 19.8 Å². The average molecular weight is 551 g/mol. The Labute approximate surface area is 213 Å². The van der Waals surface area contributed by atoms with E-state index in [4.69, 9.17) is 14.2 Å². The van der Waals surface area contributed by atoms with Gasteiger partial charge in [0.25, 0.3) is 5.56 Å². The van der Waals surface area contributed by atoms with E-state index in [1.54, 1.807) is 36.4 Å². The molecule has 2 heterocycles. The Balaban J connectivity index is 1.42. The summed E-state index contributed by atoms with van der Waals surface area (Å²) >= 11 is 3.37. The topological polar surface area (TPSA) is 118 Å². The highest BCUT2D eigenvalue weighted by molar-refractivity contribution is 9.10. The van der Waals surface area contributed by atoms with Crippen molar-refractivity contribution >= 4 is 38.7 Å². The van der Waals surface area contributed by atoms with Crippen LogP contribution in [0.25, 0.3) is 10.9 Å². The van der Waals surface area contributed by atoms with Gasteiger partial charge in [0.1, 0.15) is 12.4 Å². The Hall–Kier alpha value is -4.25. The van der Waals surface area contributed by atoms with Gasteiger partial charge in [-0.3, -0.25) is 14.9 Å². The number of nitro benzene ring substituents is 1. The maximum atomic E-state index is 13.0. The number of aromatic nitrogens is 2. The van der Waals surface area contributed by atoms with Gasteiger partial charge in [-0.2, -0.15) is 9.78 Å². The first-order valence-corrected chi connectivity index (χ1v) is 11.8. The van der Waals surface area contributed by atoms with Gasteiger partial charge in [0.2, 0.25) is 6.79 Å². The summed E-state index contributed by atoms with van der Waals surface area (Å²) in [6, 6.07) is 15.1. The molecule has 0 spiro atoms. The number of hydrogen-bond acceptors (Lipinski definition) is 8.